The van der Waals surface area contributed by atoms with Crippen molar-refractivity contribution in [2.75, 3.05) is 0 Å². The SMILES string of the molecule is N#CCCCC(C#N)CC(C#N)CC(C#N)CC#N. The van der Waals surface area contributed by atoms with E-state index in [-0.39, 0.29) is 18.3 Å². The first-order chi connectivity index (χ1) is 9.21. The predicted octanol–water partition coefficient (Wildman–Crippen LogP) is 2.79. The summed E-state index contributed by atoms with van der Waals surface area (Å²) in [6, 6.07) is 10.2. The first-order valence-corrected chi connectivity index (χ1v) is 6.14. The van der Waals surface area contributed by atoms with E-state index in [1.54, 1.807) is 0 Å². The maximum Gasteiger partial charge on any atom is 0.0667 e. The van der Waals surface area contributed by atoms with Gasteiger partial charge in [0.1, 0.15) is 0 Å². The van der Waals surface area contributed by atoms with Gasteiger partial charge in [0.15, 0.2) is 0 Å². The molecule has 0 bridgehead atoms. The van der Waals surface area contributed by atoms with Crippen LogP contribution < -0.4 is 0 Å². The molecule has 0 aliphatic heterocycles. The molecule has 0 aromatic heterocycles. The van der Waals surface area contributed by atoms with Crippen molar-refractivity contribution in [3.05, 3.63) is 0 Å². The lowest BCUT2D eigenvalue weighted by Gasteiger charge is -2.14. The summed E-state index contributed by atoms with van der Waals surface area (Å²) in [4.78, 5) is 0. The van der Waals surface area contributed by atoms with Crippen molar-refractivity contribution in [3.8, 4) is 30.3 Å². The average Bonchev–Trinajstić information content (AvgIpc) is 2.44. The van der Waals surface area contributed by atoms with Gasteiger partial charge >= 0.3 is 0 Å². The van der Waals surface area contributed by atoms with Crippen LogP contribution in [-0.4, -0.2) is 0 Å². The second kappa shape index (κ2) is 10.6. The highest BCUT2D eigenvalue weighted by Crippen LogP contribution is 2.24. The van der Waals surface area contributed by atoms with E-state index in [1.807, 2.05) is 18.2 Å². The quantitative estimate of drug-likeness (QED) is 0.616. The Morgan fingerprint density at radius 3 is 1.74 bits per heavy atom. The summed E-state index contributed by atoms with van der Waals surface area (Å²) in [5.74, 6) is -1.10. The molecule has 0 aromatic carbocycles. The van der Waals surface area contributed by atoms with Crippen molar-refractivity contribution in [1.29, 1.82) is 26.3 Å². The van der Waals surface area contributed by atoms with Crippen LogP contribution in [-0.2, 0) is 0 Å². The van der Waals surface area contributed by atoms with Gasteiger partial charge in [-0.25, -0.2) is 0 Å². The standard InChI is InChI=1S/C14H15N5/c15-5-2-1-3-12(9-17)7-14(11-19)8-13(10-18)4-6-16/h12-14H,1-4,7-8H2. The van der Waals surface area contributed by atoms with Crippen LogP contribution >= 0.6 is 0 Å². The summed E-state index contributed by atoms with van der Waals surface area (Å²) in [5.41, 5.74) is 0. The molecule has 0 aliphatic carbocycles. The molecule has 0 aliphatic rings. The zero-order chi connectivity index (χ0) is 14.5. The highest BCUT2D eigenvalue weighted by atomic mass is 14.3. The Labute approximate surface area is 113 Å². The lowest BCUT2D eigenvalue weighted by molar-refractivity contribution is 0.410. The van der Waals surface area contributed by atoms with Crippen LogP contribution in [0, 0.1) is 74.4 Å². The molecule has 3 unspecified atom stereocenters. The van der Waals surface area contributed by atoms with Gasteiger partial charge in [-0.3, -0.25) is 0 Å². The van der Waals surface area contributed by atoms with Gasteiger partial charge in [0, 0.05) is 18.3 Å². The van der Waals surface area contributed by atoms with E-state index < -0.39 is 5.92 Å². The van der Waals surface area contributed by atoms with Crippen LogP contribution in [0.2, 0.25) is 0 Å². The van der Waals surface area contributed by atoms with E-state index in [9.17, 15) is 0 Å². The lowest BCUT2D eigenvalue weighted by atomic mass is 9.86. The number of nitriles is 5. The van der Waals surface area contributed by atoms with Crippen LogP contribution in [0.4, 0.5) is 0 Å². The minimum absolute atomic E-state index is 0.111. The van der Waals surface area contributed by atoms with E-state index in [0.717, 1.165) is 0 Å². The highest BCUT2D eigenvalue weighted by Gasteiger charge is 2.20. The van der Waals surface area contributed by atoms with Crippen molar-refractivity contribution in [1.82, 2.24) is 0 Å². The first-order valence-electron chi connectivity index (χ1n) is 6.14. The predicted molar refractivity (Wildman–Crippen MR) is 66.2 cm³/mol. The summed E-state index contributed by atoms with van der Waals surface area (Å²) in [6.45, 7) is 0. The van der Waals surface area contributed by atoms with Crippen molar-refractivity contribution < 1.29 is 0 Å². The molecule has 96 valence electrons. The molecule has 0 amide bonds. The van der Waals surface area contributed by atoms with Crippen LogP contribution in [0.5, 0.6) is 0 Å². The number of unbranched alkanes of at least 4 members (excludes halogenated alkanes) is 1. The third kappa shape index (κ3) is 7.39. The summed E-state index contributed by atoms with van der Waals surface area (Å²) >= 11 is 0. The minimum Gasteiger partial charge on any atom is -0.198 e. The summed E-state index contributed by atoms with van der Waals surface area (Å²) in [6.07, 6.45) is 2.49. The molecule has 0 radical (unpaired) electrons. The Morgan fingerprint density at radius 2 is 1.26 bits per heavy atom. The molecule has 0 N–H and O–H groups in total. The van der Waals surface area contributed by atoms with E-state index in [2.05, 4.69) is 12.1 Å². The van der Waals surface area contributed by atoms with Gasteiger partial charge in [-0.05, 0) is 25.7 Å². The van der Waals surface area contributed by atoms with Gasteiger partial charge in [-0.2, -0.15) is 26.3 Å². The molecule has 0 spiro atoms. The Morgan fingerprint density at radius 1 is 0.684 bits per heavy atom. The van der Waals surface area contributed by atoms with Crippen molar-refractivity contribution >= 4 is 0 Å². The number of nitrogens with zero attached hydrogens (tertiary/aromatic N) is 5. The molecule has 3 atom stereocenters. The largest absolute Gasteiger partial charge is 0.198 e. The van der Waals surface area contributed by atoms with Crippen molar-refractivity contribution in [2.24, 2.45) is 17.8 Å². The Hall–Kier alpha value is -2.55. The Balaban J connectivity index is 4.35. The van der Waals surface area contributed by atoms with Crippen LogP contribution in [0.1, 0.15) is 38.5 Å². The van der Waals surface area contributed by atoms with Gasteiger partial charge in [-0.1, -0.05) is 0 Å². The number of rotatable bonds is 8. The van der Waals surface area contributed by atoms with Gasteiger partial charge in [-0.15, -0.1) is 0 Å². The number of hydrogen-bond acceptors (Lipinski definition) is 5. The second-order valence-electron chi connectivity index (χ2n) is 4.36. The fourth-order valence-electron chi connectivity index (χ4n) is 1.84. The van der Waals surface area contributed by atoms with E-state index in [0.29, 0.717) is 32.1 Å². The molecule has 5 nitrogen and oxygen atoms in total. The zero-order valence-electron chi connectivity index (χ0n) is 10.7. The third-order valence-electron chi connectivity index (χ3n) is 2.86. The van der Waals surface area contributed by atoms with Crippen molar-refractivity contribution in [3.63, 3.8) is 0 Å². The fourth-order valence-corrected chi connectivity index (χ4v) is 1.84. The zero-order valence-corrected chi connectivity index (χ0v) is 10.7. The molecule has 0 rings (SSSR count). The van der Waals surface area contributed by atoms with E-state index >= 15 is 0 Å². The maximum absolute atomic E-state index is 9.05. The first kappa shape index (κ1) is 16.4. The average molecular weight is 253 g/mol. The monoisotopic (exact) mass is 253 g/mol. The lowest BCUT2D eigenvalue weighted by Crippen LogP contribution is -2.11. The van der Waals surface area contributed by atoms with Gasteiger partial charge in [0.25, 0.3) is 0 Å². The Kier molecular flexibility index (Phi) is 9.17. The van der Waals surface area contributed by atoms with Crippen LogP contribution in [0.3, 0.4) is 0 Å². The Bertz CT molecular complexity index is 463. The van der Waals surface area contributed by atoms with Gasteiger partial charge in [0.05, 0.1) is 42.7 Å². The summed E-state index contributed by atoms with van der Waals surface area (Å²) < 4.78 is 0. The molecular formula is C14H15N5. The summed E-state index contributed by atoms with van der Waals surface area (Å²) in [5, 5.41) is 43.9. The third-order valence-corrected chi connectivity index (χ3v) is 2.86. The van der Waals surface area contributed by atoms with Crippen LogP contribution in [0.15, 0.2) is 0 Å². The summed E-state index contributed by atoms with van der Waals surface area (Å²) in [7, 11) is 0. The van der Waals surface area contributed by atoms with Gasteiger partial charge < -0.3 is 0 Å². The number of hydrogen-bond donors (Lipinski definition) is 0. The molecular weight excluding hydrogens is 238 g/mol. The van der Waals surface area contributed by atoms with Crippen LogP contribution in [0.25, 0.3) is 0 Å². The van der Waals surface area contributed by atoms with Crippen molar-refractivity contribution in [2.45, 2.75) is 38.5 Å². The van der Waals surface area contributed by atoms with Gasteiger partial charge in [0.2, 0.25) is 0 Å². The molecule has 0 aromatic rings. The fraction of sp³-hybridized carbons (Fsp3) is 0.643. The maximum atomic E-state index is 9.05. The minimum atomic E-state index is -0.451. The van der Waals surface area contributed by atoms with E-state index in [4.69, 9.17) is 26.3 Å². The second-order valence-corrected chi connectivity index (χ2v) is 4.36. The molecule has 0 saturated heterocycles. The van der Waals surface area contributed by atoms with E-state index in [1.165, 1.54) is 0 Å². The molecule has 19 heavy (non-hydrogen) atoms. The topological polar surface area (TPSA) is 119 Å². The highest BCUT2D eigenvalue weighted by molar-refractivity contribution is 4.98. The normalized spacial score (nSPS) is 13.6. The smallest absolute Gasteiger partial charge is 0.0667 e. The molecule has 0 fully saturated rings. The molecule has 0 heterocycles. The molecule has 5 heteroatoms. The molecule has 0 saturated carbocycles.